The third-order valence-corrected chi connectivity index (χ3v) is 5.12. The summed E-state index contributed by atoms with van der Waals surface area (Å²) >= 11 is 0. The van der Waals surface area contributed by atoms with Gasteiger partial charge in [-0.2, -0.15) is 13.2 Å². The van der Waals surface area contributed by atoms with Crippen LogP contribution in [0.2, 0.25) is 0 Å². The number of fused-ring (bicyclic) bond motifs is 1. The number of hydrogen-bond acceptors (Lipinski definition) is 2. The smallest absolute Gasteiger partial charge is 0.350 e. The first-order valence-electron chi connectivity index (χ1n) is 9.15. The predicted molar refractivity (Wildman–Crippen MR) is 98.4 cm³/mol. The molecule has 1 N–H and O–H groups in total. The minimum absolute atomic E-state index is 0.0837. The lowest BCUT2D eigenvalue weighted by molar-refractivity contribution is -0.137. The van der Waals surface area contributed by atoms with Crippen LogP contribution < -0.4 is 5.32 Å². The summed E-state index contributed by atoms with van der Waals surface area (Å²) in [4.78, 5) is 14.7. The molecule has 144 valence electrons. The lowest BCUT2D eigenvalue weighted by Crippen LogP contribution is -2.45. The molecule has 1 amide bonds. The first-order chi connectivity index (χ1) is 12.9. The molecular formula is C21H23F3N2O. The molecule has 0 aromatic heterocycles. The zero-order valence-electron chi connectivity index (χ0n) is 15.2. The molecule has 1 aliphatic heterocycles. The van der Waals surface area contributed by atoms with E-state index in [0.717, 1.165) is 32.0 Å². The molecule has 0 saturated heterocycles. The molecule has 27 heavy (non-hydrogen) atoms. The van der Waals surface area contributed by atoms with Crippen molar-refractivity contribution in [3.63, 3.8) is 0 Å². The van der Waals surface area contributed by atoms with E-state index in [0.29, 0.717) is 6.54 Å². The van der Waals surface area contributed by atoms with E-state index in [4.69, 9.17) is 0 Å². The molecule has 1 aliphatic rings. The van der Waals surface area contributed by atoms with Gasteiger partial charge in [0.2, 0.25) is 0 Å². The fraction of sp³-hybridized carbons (Fsp3) is 0.381. The van der Waals surface area contributed by atoms with Gasteiger partial charge in [0.25, 0.3) is 5.91 Å². The Morgan fingerprint density at radius 3 is 2.48 bits per heavy atom. The van der Waals surface area contributed by atoms with Crippen LogP contribution in [0.5, 0.6) is 0 Å². The topological polar surface area (TPSA) is 32.3 Å². The molecule has 0 bridgehead atoms. The summed E-state index contributed by atoms with van der Waals surface area (Å²) < 4.78 is 39.4. The average Bonchev–Trinajstić information content (AvgIpc) is 2.67. The molecule has 1 atom stereocenters. The number of nitrogens with one attached hydrogen (secondary N) is 1. The van der Waals surface area contributed by atoms with Crippen molar-refractivity contribution in [3.05, 3.63) is 70.8 Å². The molecule has 0 spiro atoms. The highest BCUT2D eigenvalue weighted by Crippen LogP contribution is 2.31. The number of carbonyl (C=O) groups excluding carboxylic acids is 1. The van der Waals surface area contributed by atoms with Gasteiger partial charge in [-0.15, -0.1) is 0 Å². The standard InChI is InChI=1S/C21H23F3N2O/c1-2-17(26-12-11-15-7-3-4-8-16(15)14-26)13-25-20(27)18-9-5-6-10-19(18)21(22,23)24/h3-10,17H,2,11-14H2,1H3,(H,25,27). The number of nitrogens with zero attached hydrogens (tertiary/aromatic N) is 1. The van der Waals surface area contributed by atoms with E-state index in [1.807, 2.05) is 19.1 Å². The fourth-order valence-electron chi connectivity index (χ4n) is 3.59. The Hall–Kier alpha value is -2.34. The maximum absolute atomic E-state index is 13.1. The van der Waals surface area contributed by atoms with Crippen LogP contribution in [-0.4, -0.2) is 29.9 Å². The maximum atomic E-state index is 13.1. The van der Waals surface area contributed by atoms with Crippen molar-refractivity contribution in [2.24, 2.45) is 0 Å². The second-order valence-corrected chi connectivity index (χ2v) is 6.80. The Kier molecular flexibility index (Phi) is 5.85. The monoisotopic (exact) mass is 376 g/mol. The van der Waals surface area contributed by atoms with E-state index >= 15 is 0 Å². The molecule has 3 nitrogen and oxygen atoms in total. The Morgan fingerprint density at radius 2 is 1.78 bits per heavy atom. The number of rotatable bonds is 5. The summed E-state index contributed by atoms with van der Waals surface area (Å²) in [6, 6.07) is 13.3. The number of alkyl halides is 3. The summed E-state index contributed by atoms with van der Waals surface area (Å²) in [7, 11) is 0. The van der Waals surface area contributed by atoms with Gasteiger partial charge in [-0.05, 0) is 36.1 Å². The molecule has 3 rings (SSSR count). The largest absolute Gasteiger partial charge is 0.417 e. The van der Waals surface area contributed by atoms with Gasteiger partial charge in [0.05, 0.1) is 11.1 Å². The second-order valence-electron chi connectivity index (χ2n) is 6.80. The third kappa shape index (κ3) is 4.50. The molecule has 0 fully saturated rings. The quantitative estimate of drug-likeness (QED) is 0.845. The fourth-order valence-corrected chi connectivity index (χ4v) is 3.59. The highest BCUT2D eigenvalue weighted by Gasteiger charge is 2.35. The average molecular weight is 376 g/mol. The number of benzene rings is 2. The van der Waals surface area contributed by atoms with Crippen LogP contribution in [0.4, 0.5) is 13.2 Å². The predicted octanol–water partition coefficient (Wildman–Crippen LogP) is 4.27. The Morgan fingerprint density at radius 1 is 1.11 bits per heavy atom. The molecule has 2 aromatic carbocycles. The van der Waals surface area contributed by atoms with Gasteiger partial charge in [0.1, 0.15) is 0 Å². The zero-order chi connectivity index (χ0) is 19.4. The zero-order valence-corrected chi connectivity index (χ0v) is 15.2. The van der Waals surface area contributed by atoms with Crippen molar-refractivity contribution in [1.29, 1.82) is 0 Å². The second kappa shape index (κ2) is 8.13. The van der Waals surface area contributed by atoms with Gasteiger partial charge in [-0.25, -0.2) is 0 Å². The van der Waals surface area contributed by atoms with E-state index in [-0.39, 0.29) is 11.6 Å². The molecule has 0 radical (unpaired) electrons. The van der Waals surface area contributed by atoms with Crippen LogP contribution in [0.25, 0.3) is 0 Å². The number of amides is 1. The Bertz CT molecular complexity index is 804. The van der Waals surface area contributed by atoms with Gasteiger partial charge in [0, 0.05) is 25.7 Å². The van der Waals surface area contributed by atoms with Crippen molar-refractivity contribution in [2.75, 3.05) is 13.1 Å². The summed E-state index contributed by atoms with van der Waals surface area (Å²) in [5.41, 5.74) is 1.38. The van der Waals surface area contributed by atoms with Gasteiger partial charge >= 0.3 is 6.18 Å². The van der Waals surface area contributed by atoms with Crippen LogP contribution in [0, 0.1) is 0 Å². The van der Waals surface area contributed by atoms with Gasteiger partial charge in [-0.3, -0.25) is 9.69 Å². The molecule has 6 heteroatoms. The first-order valence-corrected chi connectivity index (χ1v) is 9.15. The number of halogens is 3. The van der Waals surface area contributed by atoms with Crippen LogP contribution >= 0.6 is 0 Å². The number of carbonyl (C=O) groups is 1. The van der Waals surface area contributed by atoms with Gasteiger partial charge < -0.3 is 5.32 Å². The first kappa shape index (κ1) is 19.4. The van der Waals surface area contributed by atoms with Crippen LogP contribution in [-0.2, 0) is 19.1 Å². The molecule has 1 heterocycles. The normalized spacial score (nSPS) is 15.9. The molecule has 1 unspecified atom stereocenters. The van der Waals surface area contributed by atoms with Crippen LogP contribution in [0.1, 0.15) is 40.4 Å². The summed E-state index contributed by atoms with van der Waals surface area (Å²) in [5, 5.41) is 2.70. The summed E-state index contributed by atoms with van der Waals surface area (Å²) in [6.45, 7) is 4.03. The van der Waals surface area contributed by atoms with Crippen molar-refractivity contribution in [3.8, 4) is 0 Å². The molecule has 2 aromatic rings. The maximum Gasteiger partial charge on any atom is 0.417 e. The van der Waals surface area contributed by atoms with E-state index < -0.39 is 17.6 Å². The lowest BCUT2D eigenvalue weighted by Gasteiger charge is -2.35. The summed E-state index contributed by atoms with van der Waals surface area (Å²) in [5.74, 6) is -0.682. The third-order valence-electron chi connectivity index (χ3n) is 5.12. The van der Waals surface area contributed by atoms with E-state index in [9.17, 15) is 18.0 Å². The van der Waals surface area contributed by atoms with Crippen LogP contribution in [0.3, 0.4) is 0 Å². The Labute approximate surface area is 157 Å². The van der Waals surface area contributed by atoms with Gasteiger partial charge in [0.15, 0.2) is 0 Å². The van der Waals surface area contributed by atoms with Crippen molar-refractivity contribution >= 4 is 5.91 Å². The van der Waals surface area contributed by atoms with E-state index in [2.05, 4.69) is 22.3 Å². The molecule has 0 saturated carbocycles. The summed E-state index contributed by atoms with van der Waals surface area (Å²) in [6.07, 6.45) is -2.80. The lowest BCUT2D eigenvalue weighted by atomic mass is 9.98. The minimum atomic E-state index is -4.55. The molecular weight excluding hydrogens is 353 g/mol. The van der Waals surface area contributed by atoms with Crippen molar-refractivity contribution in [2.45, 2.75) is 38.5 Å². The molecule has 0 aliphatic carbocycles. The van der Waals surface area contributed by atoms with Gasteiger partial charge in [-0.1, -0.05) is 43.3 Å². The van der Waals surface area contributed by atoms with Crippen LogP contribution in [0.15, 0.2) is 48.5 Å². The minimum Gasteiger partial charge on any atom is -0.350 e. The highest BCUT2D eigenvalue weighted by atomic mass is 19.4. The van der Waals surface area contributed by atoms with Crippen molar-refractivity contribution in [1.82, 2.24) is 10.2 Å². The SMILES string of the molecule is CCC(CNC(=O)c1ccccc1C(F)(F)F)N1CCc2ccccc2C1. The van der Waals surface area contributed by atoms with E-state index in [1.54, 1.807) is 0 Å². The van der Waals surface area contributed by atoms with Crippen molar-refractivity contribution < 1.29 is 18.0 Å². The highest BCUT2D eigenvalue weighted by molar-refractivity contribution is 5.95. The Balaban J connectivity index is 1.66. The van der Waals surface area contributed by atoms with E-state index in [1.165, 1.54) is 29.3 Å². The number of hydrogen-bond donors (Lipinski definition) is 1.